The molecule has 0 fully saturated rings. The van der Waals surface area contributed by atoms with Crippen LogP contribution in [0.4, 0.5) is 13.2 Å². The Morgan fingerprint density at radius 3 is 1.76 bits per heavy atom. The first-order valence-electron chi connectivity index (χ1n) is 6.13. The Kier molecular flexibility index (Phi) is 6.05. The van der Waals surface area contributed by atoms with E-state index in [-0.39, 0.29) is 12.4 Å². The van der Waals surface area contributed by atoms with Crippen molar-refractivity contribution < 1.29 is 17.9 Å². The molecule has 0 bridgehead atoms. The quantitative estimate of drug-likeness (QED) is 0.906. The Morgan fingerprint density at radius 1 is 0.857 bits per heavy atom. The fraction of sp³-hybridized carbons (Fsp3) is 0.200. The second kappa shape index (κ2) is 7.33. The molecule has 2 nitrogen and oxygen atoms in total. The molecule has 0 aliphatic heterocycles. The highest BCUT2D eigenvalue weighted by Crippen LogP contribution is 2.31. The summed E-state index contributed by atoms with van der Waals surface area (Å²) in [4.78, 5) is 0. The molecule has 2 N–H and O–H groups in total. The van der Waals surface area contributed by atoms with Gasteiger partial charge in [0.1, 0.15) is 11.5 Å². The third-order valence-corrected chi connectivity index (χ3v) is 2.77. The van der Waals surface area contributed by atoms with Crippen molar-refractivity contribution in [1.29, 1.82) is 0 Å². The zero-order valence-corrected chi connectivity index (χ0v) is 11.9. The van der Waals surface area contributed by atoms with Gasteiger partial charge in [0.15, 0.2) is 0 Å². The predicted octanol–water partition coefficient (Wildman–Crippen LogP) is 4.42. The fourth-order valence-corrected chi connectivity index (χ4v) is 1.74. The average molecular weight is 318 g/mol. The first-order valence-corrected chi connectivity index (χ1v) is 6.13. The molecule has 0 saturated carbocycles. The van der Waals surface area contributed by atoms with E-state index < -0.39 is 11.7 Å². The first kappa shape index (κ1) is 17.3. The maximum atomic E-state index is 12.4. The Balaban J connectivity index is 0.00000220. The molecule has 0 aromatic heterocycles. The Labute approximate surface area is 127 Å². The van der Waals surface area contributed by atoms with Crippen molar-refractivity contribution in [2.75, 3.05) is 6.54 Å². The lowest BCUT2D eigenvalue weighted by Gasteiger charge is -2.09. The summed E-state index contributed by atoms with van der Waals surface area (Å²) < 4.78 is 42.7. The van der Waals surface area contributed by atoms with Gasteiger partial charge in [-0.3, -0.25) is 0 Å². The molecule has 0 heterocycles. The van der Waals surface area contributed by atoms with Crippen molar-refractivity contribution in [3.05, 3.63) is 59.7 Å². The molecule has 0 radical (unpaired) electrons. The lowest BCUT2D eigenvalue weighted by atomic mass is 10.1. The monoisotopic (exact) mass is 317 g/mol. The van der Waals surface area contributed by atoms with Gasteiger partial charge < -0.3 is 10.5 Å². The smallest absolute Gasteiger partial charge is 0.416 e. The van der Waals surface area contributed by atoms with Gasteiger partial charge in [-0.1, -0.05) is 12.1 Å². The second-order valence-corrected chi connectivity index (χ2v) is 4.31. The van der Waals surface area contributed by atoms with Gasteiger partial charge in [-0.25, -0.2) is 0 Å². The standard InChI is InChI=1S/C15H14F3NO.ClH/c16-15(17,18)12-3-7-14(8-4-12)20-13-5-1-11(2-6-13)9-10-19;/h1-8H,9-10,19H2;1H. The lowest BCUT2D eigenvalue weighted by Crippen LogP contribution is -2.04. The van der Waals surface area contributed by atoms with Crippen molar-refractivity contribution in [2.45, 2.75) is 12.6 Å². The molecular formula is C15H15ClF3NO. The highest BCUT2D eigenvalue weighted by molar-refractivity contribution is 5.85. The number of nitrogens with two attached hydrogens (primary N) is 1. The van der Waals surface area contributed by atoms with Crippen molar-refractivity contribution >= 4 is 12.4 Å². The van der Waals surface area contributed by atoms with E-state index in [0.717, 1.165) is 24.1 Å². The lowest BCUT2D eigenvalue weighted by molar-refractivity contribution is -0.137. The summed E-state index contributed by atoms with van der Waals surface area (Å²) in [6.45, 7) is 0.569. The minimum atomic E-state index is -4.33. The highest BCUT2D eigenvalue weighted by atomic mass is 35.5. The van der Waals surface area contributed by atoms with E-state index in [2.05, 4.69) is 0 Å². The Hall–Kier alpha value is -1.72. The van der Waals surface area contributed by atoms with Crippen LogP contribution < -0.4 is 10.5 Å². The minimum absolute atomic E-state index is 0. The summed E-state index contributed by atoms with van der Waals surface area (Å²) in [5.74, 6) is 0.940. The summed E-state index contributed by atoms with van der Waals surface area (Å²) in [6.07, 6.45) is -3.55. The van der Waals surface area contributed by atoms with Gasteiger partial charge in [0.2, 0.25) is 0 Å². The molecule has 0 amide bonds. The molecule has 0 unspecified atom stereocenters. The molecule has 0 spiro atoms. The van der Waals surface area contributed by atoms with E-state index in [4.69, 9.17) is 10.5 Å². The molecular weight excluding hydrogens is 303 g/mol. The molecule has 0 aliphatic rings. The van der Waals surface area contributed by atoms with E-state index in [1.165, 1.54) is 12.1 Å². The molecule has 6 heteroatoms. The first-order chi connectivity index (χ1) is 9.49. The Bertz CT molecular complexity index is 553. The van der Waals surface area contributed by atoms with Gasteiger partial charge in [0.05, 0.1) is 5.56 Å². The highest BCUT2D eigenvalue weighted by Gasteiger charge is 2.30. The topological polar surface area (TPSA) is 35.2 Å². The van der Waals surface area contributed by atoms with Crippen molar-refractivity contribution in [2.24, 2.45) is 5.73 Å². The van der Waals surface area contributed by atoms with Crippen LogP contribution in [0.5, 0.6) is 11.5 Å². The van der Waals surface area contributed by atoms with Crippen molar-refractivity contribution in [1.82, 2.24) is 0 Å². The summed E-state index contributed by atoms with van der Waals surface area (Å²) in [5.41, 5.74) is 5.85. The van der Waals surface area contributed by atoms with E-state index >= 15 is 0 Å². The number of hydrogen-bond donors (Lipinski definition) is 1. The maximum Gasteiger partial charge on any atom is 0.416 e. The van der Waals surface area contributed by atoms with Crippen LogP contribution in [0.15, 0.2) is 48.5 Å². The summed E-state index contributed by atoms with van der Waals surface area (Å²) >= 11 is 0. The van der Waals surface area contributed by atoms with Crippen LogP contribution in [-0.2, 0) is 12.6 Å². The zero-order valence-electron chi connectivity index (χ0n) is 11.1. The van der Waals surface area contributed by atoms with Gasteiger partial charge in [0.25, 0.3) is 0 Å². The van der Waals surface area contributed by atoms with Gasteiger partial charge in [-0.2, -0.15) is 13.2 Å². The van der Waals surface area contributed by atoms with Gasteiger partial charge in [0, 0.05) is 0 Å². The van der Waals surface area contributed by atoms with E-state index in [0.29, 0.717) is 18.0 Å². The molecule has 21 heavy (non-hydrogen) atoms. The number of halogens is 4. The molecule has 0 aliphatic carbocycles. The van der Waals surface area contributed by atoms with Crippen molar-refractivity contribution in [3.8, 4) is 11.5 Å². The van der Waals surface area contributed by atoms with Crippen LogP contribution in [0.25, 0.3) is 0 Å². The minimum Gasteiger partial charge on any atom is -0.457 e. The van der Waals surface area contributed by atoms with Gasteiger partial charge >= 0.3 is 6.18 Å². The number of hydrogen-bond acceptors (Lipinski definition) is 2. The van der Waals surface area contributed by atoms with Crippen molar-refractivity contribution in [3.63, 3.8) is 0 Å². The van der Waals surface area contributed by atoms with E-state index in [9.17, 15) is 13.2 Å². The molecule has 0 atom stereocenters. The van der Waals surface area contributed by atoms with Crippen LogP contribution in [0, 0.1) is 0 Å². The molecule has 2 aromatic carbocycles. The molecule has 0 saturated heterocycles. The number of rotatable bonds is 4. The largest absolute Gasteiger partial charge is 0.457 e. The number of ether oxygens (including phenoxy) is 1. The van der Waals surface area contributed by atoms with Crippen LogP contribution in [-0.4, -0.2) is 6.54 Å². The summed E-state index contributed by atoms with van der Waals surface area (Å²) in [5, 5.41) is 0. The molecule has 2 aromatic rings. The normalized spacial score (nSPS) is 10.9. The van der Waals surface area contributed by atoms with Crippen LogP contribution in [0.1, 0.15) is 11.1 Å². The summed E-state index contributed by atoms with van der Waals surface area (Å²) in [6, 6.07) is 11.9. The Morgan fingerprint density at radius 2 is 1.33 bits per heavy atom. The predicted molar refractivity (Wildman–Crippen MR) is 78.0 cm³/mol. The van der Waals surface area contributed by atoms with Gasteiger partial charge in [-0.15, -0.1) is 12.4 Å². The van der Waals surface area contributed by atoms with Crippen LogP contribution in [0.3, 0.4) is 0 Å². The number of benzene rings is 2. The van der Waals surface area contributed by atoms with E-state index in [1.54, 1.807) is 12.1 Å². The third kappa shape index (κ3) is 4.95. The van der Waals surface area contributed by atoms with E-state index in [1.807, 2.05) is 12.1 Å². The molecule has 2 rings (SSSR count). The third-order valence-electron chi connectivity index (χ3n) is 2.77. The fourth-order valence-electron chi connectivity index (χ4n) is 1.74. The zero-order chi connectivity index (χ0) is 14.6. The van der Waals surface area contributed by atoms with Crippen LogP contribution in [0.2, 0.25) is 0 Å². The van der Waals surface area contributed by atoms with Crippen LogP contribution >= 0.6 is 12.4 Å². The SMILES string of the molecule is Cl.NCCc1ccc(Oc2ccc(C(F)(F)F)cc2)cc1. The average Bonchev–Trinajstić information content (AvgIpc) is 2.41. The second-order valence-electron chi connectivity index (χ2n) is 4.31. The number of alkyl halides is 3. The molecule has 114 valence electrons. The summed E-state index contributed by atoms with van der Waals surface area (Å²) in [7, 11) is 0. The maximum absolute atomic E-state index is 12.4. The van der Waals surface area contributed by atoms with Gasteiger partial charge in [-0.05, 0) is 54.9 Å².